The molecule has 98 valence electrons. The molecule has 0 spiro atoms. The van der Waals surface area contributed by atoms with Crippen molar-refractivity contribution in [2.24, 2.45) is 5.92 Å². The molecule has 0 saturated carbocycles. The molecule has 0 saturated heterocycles. The Morgan fingerprint density at radius 1 is 1.39 bits per heavy atom. The van der Waals surface area contributed by atoms with Crippen LogP contribution in [0, 0.1) is 11.3 Å². The number of nitrogens with one attached hydrogen (secondary N) is 1. The largest absolute Gasteiger partial charge is 0.497 e. The second kappa shape index (κ2) is 6.16. The highest BCUT2D eigenvalue weighted by Gasteiger charge is 2.31. The molecule has 0 amide bonds. The lowest BCUT2D eigenvalue weighted by atomic mass is 9.92. The van der Waals surface area contributed by atoms with Gasteiger partial charge in [0.15, 0.2) is 0 Å². The summed E-state index contributed by atoms with van der Waals surface area (Å²) in [7, 11) is 2.75. The van der Waals surface area contributed by atoms with Gasteiger partial charge in [-0.2, -0.15) is 0 Å². The molecule has 0 fully saturated rings. The first kappa shape index (κ1) is 14.2. The molecule has 0 bridgehead atoms. The lowest BCUT2D eigenvalue weighted by Gasteiger charge is -2.20. The van der Waals surface area contributed by atoms with Crippen LogP contribution in [0.4, 0.5) is 0 Å². The Balaban J connectivity index is 3.05. The molecule has 18 heavy (non-hydrogen) atoms. The van der Waals surface area contributed by atoms with Crippen LogP contribution < -0.4 is 4.74 Å². The van der Waals surface area contributed by atoms with E-state index in [-0.39, 0.29) is 5.71 Å². The molecule has 1 aromatic rings. The van der Waals surface area contributed by atoms with Crippen molar-refractivity contribution in [2.75, 3.05) is 14.2 Å². The van der Waals surface area contributed by atoms with Crippen LogP contribution in [0.15, 0.2) is 24.3 Å². The Hall–Kier alpha value is -1.88. The fourth-order valence-corrected chi connectivity index (χ4v) is 1.69. The number of benzene rings is 1. The maximum absolute atomic E-state index is 11.6. The molecule has 0 heterocycles. The van der Waals surface area contributed by atoms with Crippen LogP contribution in [0.2, 0.25) is 0 Å². The molecular formula is C13H17NO4. The number of carbonyl (C=O) groups is 1. The number of ether oxygens (including phenoxy) is 2. The summed E-state index contributed by atoms with van der Waals surface area (Å²) < 4.78 is 9.65. The van der Waals surface area contributed by atoms with E-state index in [1.165, 1.54) is 21.1 Å². The lowest BCUT2D eigenvalue weighted by Crippen LogP contribution is -2.29. The molecule has 0 aliphatic rings. The third kappa shape index (κ3) is 3.07. The number of hydrogen-bond donors (Lipinski definition) is 2. The van der Waals surface area contributed by atoms with Crippen molar-refractivity contribution in [2.45, 2.75) is 13.0 Å². The Morgan fingerprint density at radius 3 is 2.56 bits per heavy atom. The van der Waals surface area contributed by atoms with Crippen LogP contribution in [0.25, 0.3) is 0 Å². The second-order valence-electron chi connectivity index (χ2n) is 3.91. The Morgan fingerprint density at radius 2 is 2.06 bits per heavy atom. The number of esters is 1. The molecule has 0 aliphatic heterocycles. The highest BCUT2D eigenvalue weighted by atomic mass is 16.5. The first-order valence-corrected chi connectivity index (χ1v) is 5.46. The summed E-state index contributed by atoms with van der Waals surface area (Å²) in [6.07, 6.45) is -1.12. The van der Waals surface area contributed by atoms with E-state index in [1.807, 2.05) is 0 Å². The molecule has 5 nitrogen and oxygen atoms in total. The molecule has 1 aromatic carbocycles. The summed E-state index contributed by atoms with van der Waals surface area (Å²) in [6, 6.07) is 6.75. The lowest BCUT2D eigenvalue weighted by molar-refractivity contribution is -0.146. The van der Waals surface area contributed by atoms with Crippen molar-refractivity contribution < 1.29 is 19.4 Å². The fourth-order valence-electron chi connectivity index (χ4n) is 1.69. The standard InChI is InChI=1S/C13H17NO4/c1-8(14)11(13(16)18-3)12(15)9-5-4-6-10(7-9)17-2/h4-7,11-12,14-15H,1-3H3. The number of aliphatic hydroxyl groups is 1. The number of rotatable bonds is 5. The van der Waals surface area contributed by atoms with E-state index in [0.717, 1.165) is 0 Å². The molecule has 2 unspecified atom stereocenters. The van der Waals surface area contributed by atoms with Crippen molar-refractivity contribution in [3.8, 4) is 5.75 Å². The van der Waals surface area contributed by atoms with E-state index in [4.69, 9.17) is 10.1 Å². The zero-order chi connectivity index (χ0) is 13.7. The third-order valence-electron chi connectivity index (χ3n) is 2.67. The minimum Gasteiger partial charge on any atom is -0.497 e. The topological polar surface area (TPSA) is 79.6 Å². The summed E-state index contributed by atoms with van der Waals surface area (Å²) in [4.78, 5) is 11.6. The molecule has 2 atom stereocenters. The zero-order valence-corrected chi connectivity index (χ0v) is 10.6. The minimum atomic E-state index is -1.12. The van der Waals surface area contributed by atoms with Gasteiger partial charge in [-0.25, -0.2) is 0 Å². The van der Waals surface area contributed by atoms with E-state index in [2.05, 4.69) is 4.74 Å². The Labute approximate surface area is 106 Å². The van der Waals surface area contributed by atoms with E-state index >= 15 is 0 Å². The van der Waals surface area contributed by atoms with Crippen LogP contribution in [-0.4, -0.2) is 31.0 Å². The maximum atomic E-state index is 11.6. The first-order chi connectivity index (χ1) is 8.51. The normalized spacial score (nSPS) is 13.6. The number of carbonyl (C=O) groups excluding carboxylic acids is 1. The maximum Gasteiger partial charge on any atom is 0.317 e. The van der Waals surface area contributed by atoms with E-state index in [0.29, 0.717) is 11.3 Å². The van der Waals surface area contributed by atoms with Gasteiger partial charge >= 0.3 is 5.97 Å². The van der Waals surface area contributed by atoms with Gasteiger partial charge in [0.05, 0.1) is 20.3 Å². The van der Waals surface area contributed by atoms with Gasteiger partial charge in [0.25, 0.3) is 0 Å². The number of methoxy groups -OCH3 is 2. The van der Waals surface area contributed by atoms with E-state index in [1.54, 1.807) is 24.3 Å². The van der Waals surface area contributed by atoms with Crippen LogP contribution in [0.1, 0.15) is 18.6 Å². The molecule has 0 aromatic heterocycles. The van der Waals surface area contributed by atoms with Gasteiger partial charge in [-0.3, -0.25) is 4.79 Å². The average Bonchev–Trinajstić information content (AvgIpc) is 2.38. The Bertz CT molecular complexity index is 444. The molecule has 0 radical (unpaired) electrons. The number of aliphatic hydroxyl groups excluding tert-OH is 1. The monoisotopic (exact) mass is 251 g/mol. The van der Waals surface area contributed by atoms with Gasteiger partial charge < -0.3 is 20.0 Å². The van der Waals surface area contributed by atoms with Crippen LogP contribution >= 0.6 is 0 Å². The van der Waals surface area contributed by atoms with Crippen LogP contribution in [-0.2, 0) is 9.53 Å². The summed E-state index contributed by atoms with van der Waals surface area (Å²) in [5.41, 5.74) is 0.563. The highest BCUT2D eigenvalue weighted by molar-refractivity contribution is 6.00. The van der Waals surface area contributed by atoms with Crippen molar-refractivity contribution in [1.29, 1.82) is 5.41 Å². The summed E-state index contributed by atoms with van der Waals surface area (Å²) >= 11 is 0. The van der Waals surface area contributed by atoms with Crippen LogP contribution in [0.3, 0.4) is 0 Å². The van der Waals surface area contributed by atoms with Gasteiger partial charge in [0.1, 0.15) is 11.7 Å². The Kier molecular flexibility index (Phi) is 4.85. The van der Waals surface area contributed by atoms with Gasteiger partial charge in [0, 0.05) is 5.71 Å². The van der Waals surface area contributed by atoms with Crippen LogP contribution in [0.5, 0.6) is 5.75 Å². The predicted octanol–water partition coefficient (Wildman–Crippen LogP) is 1.56. The SMILES string of the molecule is COC(=O)C(C(C)=N)C(O)c1cccc(OC)c1. The summed E-state index contributed by atoms with van der Waals surface area (Å²) in [6.45, 7) is 1.46. The molecule has 5 heteroatoms. The van der Waals surface area contributed by atoms with Gasteiger partial charge in [-0.05, 0) is 24.6 Å². The second-order valence-corrected chi connectivity index (χ2v) is 3.91. The quantitative estimate of drug-likeness (QED) is 0.614. The highest BCUT2D eigenvalue weighted by Crippen LogP contribution is 2.26. The minimum absolute atomic E-state index is 0.0529. The summed E-state index contributed by atoms with van der Waals surface area (Å²) in [5, 5.41) is 17.7. The van der Waals surface area contributed by atoms with Crippen molar-refractivity contribution in [3.63, 3.8) is 0 Å². The molecule has 2 N–H and O–H groups in total. The van der Waals surface area contributed by atoms with Crippen molar-refractivity contribution in [3.05, 3.63) is 29.8 Å². The third-order valence-corrected chi connectivity index (χ3v) is 2.67. The first-order valence-electron chi connectivity index (χ1n) is 5.46. The van der Waals surface area contributed by atoms with Gasteiger partial charge in [-0.15, -0.1) is 0 Å². The fraction of sp³-hybridized carbons (Fsp3) is 0.385. The zero-order valence-electron chi connectivity index (χ0n) is 10.6. The van der Waals surface area contributed by atoms with Crippen molar-refractivity contribution >= 4 is 11.7 Å². The van der Waals surface area contributed by atoms with Gasteiger partial charge in [0.2, 0.25) is 0 Å². The van der Waals surface area contributed by atoms with E-state index in [9.17, 15) is 9.90 Å². The van der Waals surface area contributed by atoms with Crippen molar-refractivity contribution in [1.82, 2.24) is 0 Å². The molecule has 0 aliphatic carbocycles. The average molecular weight is 251 g/mol. The molecular weight excluding hydrogens is 234 g/mol. The predicted molar refractivity (Wildman–Crippen MR) is 66.9 cm³/mol. The summed E-state index contributed by atoms with van der Waals surface area (Å²) in [5.74, 6) is -1.04. The van der Waals surface area contributed by atoms with E-state index < -0.39 is 18.0 Å². The number of hydrogen-bond acceptors (Lipinski definition) is 5. The smallest absolute Gasteiger partial charge is 0.317 e. The molecule has 1 rings (SSSR count). The van der Waals surface area contributed by atoms with Gasteiger partial charge in [-0.1, -0.05) is 12.1 Å².